The van der Waals surface area contributed by atoms with E-state index in [9.17, 15) is 8.42 Å². The van der Waals surface area contributed by atoms with Crippen molar-refractivity contribution in [1.82, 2.24) is 4.72 Å². The van der Waals surface area contributed by atoms with E-state index in [1.54, 1.807) is 6.07 Å². The molecule has 2 aromatic carbocycles. The summed E-state index contributed by atoms with van der Waals surface area (Å²) in [6.45, 7) is 11.6. The first-order valence-corrected chi connectivity index (χ1v) is 13.2. The lowest BCUT2D eigenvalue weighted by molar-refractivity contribution is 0.493. The van der Waals surface area contributed by atoms with Gasteiger partial charge in [-0.25, -0.2) is 19.7 Å². The number of hydrogen-bond donors (Lipinski definition) is 1. The van der Waals surface area contributed by atoms with Gasteiger partial charge in [-0.3, -0.25) is 0 Å². The molecule has 0 aliphatic heterocycles. The van der Waals surface area contributed by atoms with Crippen LogP contribution < -0.4 is 9.62 Å². The van der Waals surface area contributed by atoms with Crippen LogP contribution in [0.3, 0.4) is 0 Å². The monoisotopic (exact) mass is 457 g/mol. The van der Waals surface area contributed by atoms with E-state index in [1.165, 1.54) is 25.7 Å². The van der Waals surface area contributed by atoms with Crippen molar-refractivity contribution >= 4 is 26.5 Å². The Hall–Kier alpha value is -2.10. The molecule has 0 unspecified atom stereocenters. The van der Waals surface area contributed by atoms with E-state index in [2.05, 4.69) is 9.57 Å². The molecule has 0 spiro atoms. The third-order valence-corrected chi connectivity index (χ3v) is 7.46. The molecule has 0 bridgehead atoms. The maximum Gasteiger partial charge on any atom is 0.241 e. The molecule has 5 nitrogen and oxygen atoms in total. The lowest BCUT2D eigenvalue weighted by atomic mass is 9.97. The summed E-state index contributed by atoms with van der Waals surface area (Å²) in [6, 6.07) is 11.2. The van der Waals surface area contributed by atoms with Crippen molar-refractivity contribution in [1.29, 1.82) is 0 Å². The Balaban J connectivity index is 1.72. The van der Waals surface area contributed by atoms with Crippen molar-refractivity contribution in [2.45, 2.75) is 82.1 Å². The zero-order chi connectivity index (χ0) is 23.6. The van der Waals surface area contributed by atoms with Gasteiger partial charge in [-0.15, -0.1) is 0 Å². The maximum absolute atomic E-state index is 12.9. The Morgan fingerprint density at radius 1 is 0.875 bits per heavy atom. The molecule has 0 heterocycles. The Kier molecular flexibility index (Phi) is 9.99. The van der Waals surface area contributed by atoms with Gasteiger partial charge < -0.3 is 9.74 Å². The second-order valence-electron chi connectivity index (χ2n) is 9.42. The van der Waals surface area contributed by atoms with Gasteiger partial charge in [0.25, 0.3) is 0 Å². The number of hydrogen-bond acceptors (Lipinski definition) is 3. The number of sulfonamides is 1. The van der Waals surface area contributed by atoms with Crippen LogP contribution in [0.25, 0.3) is 15.6 Å². The fourth-order valence-corrected chi connectivity index (χ4v) is 5.27. The van der Waals surface area contributed by atoms with Gasteiger partial charge in [0.15, 0.2) is 0 Å². The molecule has 32 heavy (non-hydrogen) atoms. The lowest BCUT2D eigenvalue weighted by Crippen LogP contribution is -2.25. The number of anilines is 1. The van der Waals surface area contributed by atoms with Crippen LogP contribution in [0.2, 0.25) is 0 Å². The molecule has 0 aliphatic rings. The zero-order valence-corrected chi connectivity index (χ0v) is 21.0. The summed E-state index contributed by atoms with van der Waals surface area (Å²) in [4.78, 5) is 6.01. The molecule has 0 aliphatic carbocycles. The number of unbranched alkanes of at least 4 members (excludes halogenated alkanes) is 7. The van der Waals surface area contributed by atoms with Crippen molar-refractivity contribution < 1.29 is 8.42 Å². The summed E-state index contributed by atoms with van der Waals surface area (Å²) in [5, 5.41) is 1.70. The Morgan fingerprint density at radius 3 is 2.06 bits per heavy atom. The molecular formula is C26H39N3O2S. The summed E-state index contributed by atoms with van der Waals surface area (Å²) in [5.74, 6) is 0. The van der Waals surface area contributed by atoms with E-state index >= 15 is 0 Å². The summed E-state index contributed by atoms with van der Waals surface area (Å²) < 4.78 is 28.6. The van der Waals surface area contributed by atoms with Gasteiger partial charge in [0.2, 0.25) is 15.6 Å². The predicted octanol–water partition coefficient (Wildman–Crippen LogP) is 6.39. The van der Waals surface area contributed by atoms with E-state index in [1.807, 2.05) is 63.2 Å². The van der Waals surface area contributed by atoms with E-state index in [0.717, 1.165) is 48.6 Å². The van der Waals surface area contributed by atoms with Gasteiger partial charge in [0.1, 0.15) is 0 Å². The van der Waals surface area contributed by atoms with Gasteiger partial charge in [0, 0.05) is 57.4 Å². The van der Waals surface area contributed by atoms with Crippen molar-refractivity contribution in [2.24, 2.45) is 0 Å². The SMILES string of the molecule is [C-]#[N+]C(C)(C)CCCCCCCCCCNS(=O)(=O)c1cccc2c(N(C)C)cccc12. The van der Waals surface area contributed by atoms with E-state index in [4.69, 9.17) is 6.57 Å². The fraction of sp³-hybridized carbons (Fsp3) is 0.577. The minimum Gasteiger partial charge on any atom is -0.377 e. The van der Waals surface area contributed by atoms with Crippen LogP contribution >= 0.6 is 0 Å². The smallest absolute Gasteiger partial charge is 0.241 e. The standard InChI is InChI=1S/C26H39N3O2S/c1-26(2,27-3)20-12-10-8-6-7-9-11-13-21-28-32(30,31)25-19-15-16-22-23(25)17-14-18-24(22)29(4)5/h14-19,28H,6-13,20-21H2,1-2,4-5H3. The molecule has 1 N–H and O–H groups in total. The van der Waals surface area contributed by atoms with Crippen molar-refractivity contribution in [2.75, 3.05) is 25.5 Å². The molecular weight excluding hydrogens is 418 g/mol. The van der Waals surface area contributed by atoms with Gasteiger partial charge in [-0.2, -0.15) is 0 Å². The average Bonchev–Trinajstić information content (AvgIpc) is 2.76. The van der Waals surface area contributed by atoms with Crippen LogP contribution in [0.5, 0.6) is 0 Å². The molecule has 0 saturated heterocycles. The Morgan fingerprint density at radius 2 is 1.44 bits per heavy atom. The number of nitrogens with one attached hydrogen (secondary N) is 1. The van der Waals surface area contributed by atoms with Gasteiger partial charge in [0.05, 0.1) is 4.90 Å². The first-order valence-electron chi connectivity index (χ1n) is 11.8. The summed E-state index contributed by atoms with van der Waals surface area (Å²) >= 11 is 0. The van der Waals surface area contributed by atoms with Crippen molar-refractivity contribution in [3.8, 4) is 0 Å². The highest BCUT2D eigenvalue weighted by atomic mass is 32.2. The quantitative estimate of drug-likeness (QED) is 0.264. The summed E-state index contributed by atoms with van der Waals surface area (Å²) in [6.07, 6.45) is 9.95. The van der Waals surface area contributed by atoms with Crippen LogP contribution in [-0.2, 0) is 10.0 Å². The number of rotatable bonds is 14. The fourth-order valence-electron chi connectivity index (χ4n) is 3.97. The van der Waals surface area contributed by atoms with Crippen LogP contribution in [0.4, 0.5) is 5.69 Å². The molecule has 0 atom stereocenters. The highest BCUT2D eigenvalue weighted by Crippen LogP contribution is 2.30. The predicted molar refractivity (Wildman–Crippen MR) is 136 cm³/mol. The summed E-state index contributed by atoms with van der Waals surface area (Å²) in [7, 11) is 0.385. The van der Waals surface area contributed by atoms with E-state index < -0.39 is 10.0 Å². The van der Waals surface area contributed by atoms with E-state index in [0.29, 0.717) is 11.4 Å². The molecule has 0 saturated carbocycles. The summed E-state index contributed by atoms with van der Waals surface area (Å²) in [5.41, 5.74) is 0.795. The van der Waals surface area contributed by atoms with Crippen LogP contribution in [-0.4, -0.2) is 34.6 Å². The third-order valence-electron chi connectivity index (χ3n) is 5.94. The first kappa shape index (κ1) is 26.2. The largest absolute Gasteiger partial charge is 0.377 e. The average molecular weight is 458 g/mol. The maximum atomic E-state index is 12.9. The van der Waals surface area contributed by atoms with Crippen LogP contribution in [0.1, 0.15) is 71.6 Å². The lowest BCUT2D eigenvalue weighted by Gasteiger charge is -2.17. The first-order chi connectivity index (χ1) is 15.2. The van der Waals surface area contributed by atoms with Gasteiger partial charge in [-0.05, 0) is 25.0 Å². The molecule has 0 aromatic heterocycles. The molecule has 0 radical (unpaired) electrons. The highest BCUT2D eigenvalue weighted by Gasteiger charge is 2.21. The van der Waals surface area contributed by atoms with Crippen LogP contribution in [0, 0.1) is 6.57 Å². The number of benzene rings is 2. The number of nitrogens with zero attached hydrogens (tertiary/aromatic N) is 2. The Labute approximate surface area is 195 Å². The van der Waals surface area contributed by atoms with Crippen molar-refractivity contribution in [3.63, 3.8) is 0 Å². The minimum absolute atomic E-state index is 0.214. The molecule has 0 amide bonds. The van der Waals surface area contributed by atoms with Gasteiger partial charge in [-0.1, -0.05) is 62.8 Å². The highest BCUT2D eigenvalue weighted by molar-refractivity contribution is 7.89. The van der Waals surface area contributed by atoms with Crippen LogP contribution in [0.15, 0.2) is 41.3 Å². The topological polar surface area (TPSA) is 53.8 Å². The zero-order valence-electron chi connectivity index (χ0n) is 20.2. The minimum atomic E-state index is -3.54. The normalized spacial score (nSPS) is 12.1. The van der Waals surface area contributed by atoms with Gasteiger partial charge >= 0.3 is 0 Å². The second-order valence-corrected chi connectivity index (χ2v) is 11.2. The van der Waals surface area contributed by atoms with E-state index in [-0.39, 0.29) is 5.54 Å². The molecule has 176 valence electrons. The second kappa shape index (κ2) is 12.2. The molecule has 0 fully saturated rings. The molecule has 2 aromatic rings. The van der Waals surface area contributed by atoms with Crippen molar-refractivity contribution in [3.05, 3.63) is 47.8 Å². The Bertz CT molecular complexity index is 1010. The molecule has 2 rings (SSSR count). The third kappa shape index (κ3) is 7.79. The molecule has 6 heteroatoms. The number of fused-ring (bicyclic) bond motifs is 1.